The molecule has 0 saturated heterocycles. The first-order valence-corrected chi connectivity index (χ1v) is 3.20. The average Bonchev–Trinajstić information content (AvgIpc) is 1.19. The van der Waals surface area contributed by atoms with E-state index in [2.05, 4.69) is 0 Å². The van der Waals surface area contributed by atoms with Crippen molar-refractivity contribution in [2.24, 2.45) is 5.73 Å². The summed E-state index contributed by atoms with van der Waals surface area (Å²) in [6, 6.07) is 0. The van der Waals surface area contributed by atoms with Crippen LogP contribution < -0.4 is 5.73 Å². The van der Waals surface area contributed by atoms with Crippen molar-refractivity contribution in [3.63, 3.8) is 0 Å². The van der Waals surface area contributed by atoms with Crippen molar-refractivity contribution in [3.8, 4) is 0 Å². The number of aliphatic hydroxyl groups is 1. The lowest BCUT2D eigenvalue weighted by Gasteiger charge is -2.06. The largest absolute Gasteiger partial charge is 0.394 e. The van der Waals surface area contributed by atoms with Crippen LogP contribution >= 0.6 is 0 Å². The Morgan fingerprint density at radius 3 is 1.22 bits per heavy atom. The molecule has 0 atom stereocenters. The second-order valence-corrected chi connectivity index (χ2v) is 3.46. The van der Waals surface area contributed by atoms with Gasteiger partial charge < -0.3 is 10.8 Å². The smallest absolute Gasteiger partial charge is 0.0483 e. The molecule has 0 fully saturated rings. The molecule has 0 aromatic carbocycles. The molecule has 58 valence electrons. The molecule has 0 aromatic heterocycles. The van der Waals surface area contributed by atoms with Crippen molar-refractivity contribution in [3.05, 3.63) is 0 Å². The molecule has 9 heavy (non-hydrogen) atoms. The molecule has 0 aliphatic carbocycles. The summed E-state index contributed by atoms with van der Waals surface area (Å²) >= 11 is 0. The van der Waals surface area contributed by atoms with Gasteiger partial charge in [0, 0.05) is 11.6 Å². The zero-order chi connectivity index (χ0) is 8.08. The minimum absolute atomic E-state index is 0. The van der Waals surface area contributed by atoms with E-state index in [4.69, 9.17) is 10.8 Å². The van der Waals surface area contributed by atoms with Crippen LogP contribution in [0.25, 0.3) is 0 Å². The Hall–Kier alpha value is -0.0800. The predicted octanol–water partition coefficient (Wildman–Crippen LogP) is 1.13. The van der Waals surface area contributed by atoms with Gasteiger partial charge in [0.2, 0.25) is 0 Å². The third kappa shape index (κ3) is 43400. The number of rotatable bonds is 0. The van der Waals surface area contributed by atoms with Gasteiger partial charge in [0.25, 0.3) is 0 Å². The van der Waals surface area contributed by atoms with Crippen LogP contribution in [0.5, 0.6) is 0 Å². The van der Waals surface area contributed by atoms with Gasteiger partial charge in [-0.15, -0.1) is 0 Å². The van der Waals surface area contributed by atoms with Gasteiger partial charge in [-0.1, -0.05) is 0 Å². The summed E-state index contributed by atoms with van der Waals surface area (Å²) in [4.78, 5) is 0. The molecule has 0 unspecified atom stereocenters. The Balaban J connectivity index is 0. The van der Waals surface area contributed by atoms with Gasteiger partial charge in [-0.3, -0.25) is 0 Å². The van der Waals surface area contributed by atoms with E-state index in [1.54, 1.807) is 13.8 Å². The molecule has 2 nitrogen and oxygen atoms in total. The lowest BCUT2D eigenvalue weighted by atomic mass is 10.1. The molecule has 0 saturated carbocycles. The lowest BCUT2D eigenvalue weighted by molar-refractivity contribution is 0.216. The predicted molar refractivity (Wildman–Crippen MR) is 41.3 cm³/mol. The normalized spacial score (nSPS) is 10.7. The quantitative estimate of drug-likeness (QED) is 0.520. The Labute approximate surface area is 58.1 Å². The van der Waals surface area contributed by atoms with Gasteiger partial charge in [0.1, 0.15) is 0 Å². The van der Waals surface area contributed by atoms with Crippen LogP contribution in [0.15, 0.2) is 0 Å². The molecule has 0 bridgehead atoms. The van der Waals surface area contributed by atoms with Crippen molar-refractivity contribution in [2.75, 3.05) is 0 Å². The van der Waals surface area contributed by atoms with Gasteiger partial charge in [-0.25, -0.2) is 0 Å². The third-order valence-electron chi connectivity index (χ3n) is 0. The third-order valence-corrected chi connectivity index (χ3v) is 0. The van der Waals surface area contributed by atoms with Crippen LogP contribution in [-0.4, -0.2) is 16.7 Å². The van der Waals surface area contributed by atoms with Crippen LogP contribution in [0, 0.1) is 0 Å². The van der Waals surface area contributed by atoms with Gasteiger partial charge in [-0.2, -0.15) is 0 Å². The van der Waals surface area contributed by atoms with Crippen molar-refractivity contribution in [2.45, 2.75) is 46.3 Å². The van der Waals surface area contributed by atoms with Crippen LogP contribution in [0.3, 0.4) is 0 Å². The summed E-state index contributed by atoms with van der Waals surface area (Å²) in [5.74, 6) is 0. The van der Waals surface area contributed by atoms with Crippen LogP contribution in [0.2, 0.25) is 0 Å². The summed E-state index contributed by atoms with van der Waals surface area (Å²) in [7, 11) is 0. The molecule has 0 spiro atoms. The maximum atomic E-state index is 8.06. The fourth-order valence-corrected chi connectivity index (χ4v) is 0. The maximum absolute atomic E-state index is 8.06. The van der Waals surface area contributed by atoms with E-state index in [1.807, 2.05) is 20.8 Å². The molecular weight excluding hydrogens is 114 g/mol. The minimum atomic E-state index is -0.167. The zero-order valence-corrected chi connectivity index (χ0v) is 7.10. The molecule has 3 N–H and O–H groups in total. The second-order valence-electron chi connectivity index (χ2n) is 3.46. The van der Waals surface area contributed by atoms with Crippen molar-refractivity contribution < 1.29 is 5.11 Å². The van der Waals surface area contributed by atoms with Gasteiger partial charge >= 0.3 is 0 Å². The Bertz CT molecular complexity index is 45.7. The summed E-state index contributed by atoms with van der Waals surface area (Å²) in [5, 5.41) is 8.06. The average molecular weight is 133 g/mol. The molecule has 0 heterocycles. The first kappa shape index (κ1) is 11.7. The van der Waals surface area contributed by atoms with Crippen LogP contribution in [0.1, 0.15) is 34.6 Å². The molecule has 0 aliphatic heterocycles. The van der Waals surface area contributed by atoms with E-state index < -0.39 is 0 Å². The monoisotopic (exact) mass is 133 g/mol. The first-order chi connectivity index (χ1) is 3.73. The fraction of sp³-hybridized carbons (Fsp3) is 1.00. The van der Waals surface area contributed by atoms with E-state index >= 15 is 0 Å². The van der Waals surface area contributed by atoms with E-state index in [1.165, 1.54) is 0 Å². The van der Waals surface area contributed by atoms with Crippen LogP contribution in [0.4, 0.5) is 0 Å². The summed E-state index contributed by atoms with van der Waals surface area (Å²) in [6.45, 7) is 9.34. The summed E-state index contributed by atoms with van der Waals surface area (Å²) in [5.41, 5.74) is 5.35. The highest BCUT2D eigenvalue weighted by molar-refractivity contribution is 4.60. The molecular formula is C7H19NO. The number of aliphatic hydroxyl groups excluding tert-OH is 1. The summed E-state index contributed by atoms with van der Waals surface area (Å²) < 4.78 is 0. The number of hydrogen-bond acceptors (Lipinski definition) is 2. The fourth-order valence-electron chi connectivity index (χ4n) is 0. The van der Waals surface area contributed by atoms with E-state index in [0.717, 1.165) is 0 Å². The van der Waals surface area contributed by atoms with Crippen molar-refractivity contribution >= 4 is 0 Å². The highest BCUT2D eigenvalue weighted by Gasteiger charge is 1.95. The summed E-state index contributed by atoms with van der Waals surface area (Å²) in [6.07, 6.45) is -0.167. The molecule has 0 aromatic rings. The molecule has 0 radical (unpaired) electrons. The molecule has 0 aliphatic rings. The lowest BCUT2D eigenvalue weighted by Crippen LogP contribution is -2.26. The topological polar surface area (TPSA) is 46.2 Å². The van der Waals surface area contributed by atoms with E-state index in [0.29, 0.717) is 0 Å². The van der Waals surface area contributed by atoms with E-state index in [9.17, 15) is 0 Å². The Kier molecular flexibility index (Phi) is 6.19. The van der Waals surface area contributed by atoms with Gasteiger partial charge in [-0.05, 0) is 34.6 Å². The number of hydrogen-bond donors (Lipinski definition) is 2. The van der Waals surface area contributed by atoms with Gasteiger partial charge in [0.15, 0.2) is 0 Å². The van der Waals surface area contributed by atoms with Crippen molar-refractivity contribution in [1.29, 1.82) is 0 Å². The van der Waals surface area contributed by atoms with E-state index in [-0.39, 0.29) is 11.6 Å². The first-order valence-electron chi connectivity index (χ1n) is 3.20. The molecule has 2 heteroatoms. The highest BCUT2D eigenvalue weighted by atomic mass is 16.3. The van der Waals surface area contributed by atoms with Crippen molar-refractivity contribution in [1.82, 2.24) is 0 Å². The van der Waals surface area contributed by atoms with Crippen LogP contribution in [-0.2, 0) is 0 Å². The Morgan fingerprint density at radius 2 is 1.22 bits per heavy atom. The maximum Gasteiger partial charge on any atom is 0.0483 e. The zero-order valence-electron chi connectivity index (χ0n) is 7.10. The minimum Gasteiger partial charge on any atom is -0.394 e. The highest BCUT2D eigenvalue weighted by Crippen LogP contribution is 1.88. The number of nitrogens with two attached hydrogens (primary N) is 1. The Morgan fingerprint density at radius 1 is 1.22 bits per heavy atom. The van der Waals surface area contributed by atoms with Gasteiger partial charge in [0.05, 0.1) is 0 Å². The SMILES string of the molecule is CC(C)(C)N.CC(C)O. The molecule has 0 rings (SSSR count). The second kappa shape index (κ2) is 4.77. The standard InChI is InChI=1S/C4H11N.C3H8O/c1-4(2,3)5;1-3(2)4/h5H2,1-3H3;3-4H,1-2H3. The molecule has 0 amide bonds.